The minimum atomic E-state index is -0.597. The summed E-state index contributed by atoms with van der Waals surface area (Å²) in [5, 5.41) is 23.3. The highest BCUT2D eigenvalue weighted by Gasteiger charge is 2.32. The van der Waals surface area contributed by atoms with Gasteiger partial charge in [0.2, 0.25) is 0 Å². The molecule has 1 saturated heterocycles. The Labute approximate surface area is 105 Å². The summed E-state index contributed by atoms with van der Waals surface area (Å²) in [6.07, 6.45) is 0.851. The van der Waals surface area contributed by atoms with E-state index in [1.54, 1.807) is 0 Å². The first-order chi connectivity index (χ1) is 8.69. The Morgan fingerprint density at radius 1 is 1.33 bits per heavy atom. The summed E-state index contributed by atoms with van der Waals surface area (Å²) in [4.78, 5) is 0. The fourth-order valence-corrected chi connectivity index (χ4v) is 2.28. The van der Waals surface area contributed by atoms with E-state index in [-0.39, 0.29) is 0 Å². The Kier molecular flexibility index (Phi) is 2.62. The van der Waals surface area contributed by atoms with Gasteiger partial charge in [-0.15, -0.1) is 5.10 Å². The van der Waals surface area contributed by atoms with E-state index in [1.165, 1.54) is 0 Å². The summed E-state index contributed by atoms with van der Waals surface area (Å²) in [5.41, 5.74) is 5.60. The highest BCUT2D eigenvalue weighted by atomic mass is 16.6. The number of H-pyrrole nitrogens is 1. The summed E-state index contributed by atoms with van der Waals surface area (Å²) < 4.78 is -0.597. The van der Waals surface area contributed by atoms with Crippen molar-refractivity contribution in [3.63, 3.8) is 0 Å². The average Bonchev–Trinajstić information content (AvgIpc) is 2.98. The summed E-state index contributed by atoms with van der Waals surface area (Å²) in [6.45, 7) is 3.22. The molecule has 0 bridgehead atoms. The number of quaternary nitrogens is 1. The number of aromatic amines is 1. The van der Waals surface area contributed by atoms with Crippen LogP contribution in [0.3, 0.4) is 0 Å². The van der Waals surface area contributed by atoms with Crippen molar-refractivity contribution >= 4 is 5.82 Å². The molecule has 0 spiro atoms. The lowest BCUT2D eigenvalue weighted by Gasteiger charge is -2.33. The van der Waals surface area contributed by atoms with Crippen molar-refractivity contribution in [1.82, 2.24) is 25.6 Å². The Balaban J connectivity index is 2.06. The molecule has 18 heavy (non-hydrogen) atoms. The van der Waals surface area contributed by atoms with E-state index in [1.807, 2.05) is 31.2 Å². The highest BCUT2D eigenvalue weighted by molar-refractivity contribution is 5.70. The molecule has 1 fully saturated rings. The van der Waals surface area contributed by atoms with Gasteiger partial charge in [-0.2, -0.15) is 10.6 Å². The smallest absolute Gasteiger partial charge is 0.294 e. The third kappa shape index (κ3) is 1.80. The summed E-state index contributed by atoms with van der Waals surface area (Å²) in [6, 6.07) is 7.91. The Bertz CT molecular complexity index is 559. The van der Waals surface area contributed by atoms with Crippen molar-refractivity contribution in [1.29, 1.82) is 0 Å². The second-order valence-corrected chi connectivity index (χ2v) is 4.59. The Morgan fingerprint density at radius 2 is 2.22 bits per heavy atom. The molecule has 1 unspecified atom stereocenters. The predicted molar refractivity (Wildman–Crippen MR) is 69.2 cm³/mol. The van der Waals surface area contributed by atoms with E-state index >= 15 is 0 Å². The molecule has 6 nitrogen and oxygen atoms in total. The molecule has 1 aliphatic rings. The third-order valence-electron chi connectivity index (χ3n) is 3.18. The Hall–Kier alpha value is -1.76. The van der Waals surface area contributed by atoms with Gasteiger partial charge in [-0.1, -0.05) is 28.9 Å². The molecule has 1 aliphatic heterocycles. The van der Waals surface area contributed by atoms with Crippen LogP contribution in [-0.2, 0) is 0 Å². The number of hydrogen-bond acceptors (Lipinski definition) is 4. The van der Waals surface area contributed by atoms with Crippen LogP contribution in [0.1, 0.15) is 12.0 Å². The second-order valence-electron chi connectivity index (χ2n) is 4.59. The van der Waals surface area contributed by atoms with Gasteiger partial charge < -0.3 is 5.21 Å². The van der Waals surface area contributed by atoms with Crippen molar-refractivity contribution in [2.45, 2.75) is 13.3 Å². The van der Waals surface area contributed by atoms with Gasteiger partial charge in [0, 0.05) is 12.0 Å². The maximum absolute atomic E-state index is 12.5. The first-order valence-electron chi connectivity index (χ1n) is 6.02. The lowest BCUT2D eigenvalue weighted by Crippen LogP contribution is -2.49. The minimum Gasteiger partial charge on any atom is -0.605 e. The maximum atomic E-state index is 12.5. The van der Waals surface area contributed by atoms with Crippen LogP contribution in [0.4, 0.5) is 5.82 Å². The molecule has 2 heterocycles. The van der Waals surface area contributed by atoms with Crippen LogP contribution in [0.2, 0.25) is 0 Å². The fraction of sp³-hybridized carbons (Fsp3) is 0.333. The van der Waals surface area contributed by atoms with Crippen LogP contribution in [0.25, 0.3) is 11.3 Å². The lowest BCUT2D eigenvalue weighted by atomic mass is 10.1. The van der Waals surface area contributed by atoms with E-state index in [0.29, 0.717) is 24.6 Å². The molecule has 2 N–H and O–H groups in total. The number of aromatic nitrogens is 3. The van der Waals surface area contributed by atoms with Crippen LogP contribution in [0.15, 0.2) is 24.3 Å². The zero-order valence-corrected chi connectivity index (χ0v) is 10.2. The molecule has 2 aromatic rings. The SMILES string of the molecule is Cc1cccc(-c2n[nH]nc2[N+]2([O-])CCCN2)c1. The number of hydroxylamine groups is 1. The number of nitrogens with one attached hydrogen (secondary N) is 2. The van der Waals surface area contributed by atoms with Crippen molar-refractivity contribution in [3.05, 3.63) is 35.0 Å². The zero-order valence-electron chi connectivity index (χ0n) is 10.2. The first-order valence-corrected chi connectivity index (χ1v) is 6.02. The zero-order chi connectivity index (χ0) is 12.6. The number of aryl methyl sites for hydroxylation is 1. The number of rotatable bonds is 2. The molecule has 1 aromatic heterocycles. The maximum Gasteiger partial charge on any atom is 0.294 e. The fourth-order valence-electron chi connectivity index (χ4n) is 2.28. The van der Waals surface area contributed by atoms with Crippen LogP contribution in [0.5, 0.6) is 0 Å². The molecular weight excluding hydrogens is 230 g/mol. The first kappa shape index (κ1) is 11.3. The van der Waals surface area contributed by atoms with E-state index in [4.69, 9.17) is 0 Å². The number of nitrogens with zero attached hydrogens (tertiary/aromatic N) is 3. The lowest BCUT2D eigenvalue weighted by molar-refractivity contribution is 0.345. The number of hydrogen-bond donors (Lipinski definition) is 2. The van der Waals surface area contributed by atoms with Gasteiger partial charge >= 0.3 is 0 Å². The average molecular weight is 245 g/mol. The van der Waals surface area contributed by atoms with E-state index in [9.17, 15) is 5.21 Å². The van der Waals surface area contributed by atoms with Crippen LogP contribution in [-0.4, -0.2) is 28.5 Å². The van der Waals surface area contributed by atoms with Gasteiger partial charge in [-0.25, -0.2) is 4.76 Å². The largest absolute Gasteiger partial charge is 0.605 e. The van der Waals surface area contributed by atoms with Gasteiger partial charge in [0.25, 0.3) is 5.82 Å². The molecule has 0 amide bonds. The summed E-state index contributed by atoms with van der Waals surface area (Å²) in [5.74, 6) is 0.415. The molecule has 1 aromatic carbocycles. The molecule has 0 aliphatic carbocycles. The van der Waals surface area contributed by atoms with Crippen LogP contribution in [0, 0.1) is 12.1 Å². The molecule has 6 heteroatoms. The quantitative estimate of drug-likeness (QED) is 0.621. The molecule has 0 radical (unpaired) electrons. The topological polar surface area (TPSA) is 76.7 Å². The van der Waals surface area contributed by atoms with Crippen molar-refractivity contribution < 1.29 is 0 Å². The minimum absolute atomic E-state index is 0.415. The molecule has 1 atom stereocenters. The van der Waals surface area contributed by atoms with Crippen LogP contribution >= 0.6 is 0 Å². The normalized spacial score (nSPS) is 23.4. The molecule has 94 valence electrons. The molecule has 0 saturated carbocycles. The van der Waals surface area contributed by atoms with Gasteiger partial charge in [0.1, 0.15) is 6.54 Å². The summed E-state index contributed by atoms with van der Waals surface area (Å²) in [7, 11) is 0. The van der Waals surface area contributed by atoms with Crippen molar-refractivity contribution in [3.8, 4) is 11.3 Å². The van der Waals surface area contributed by atoms with E-state index in [2.05, 4.69) is 20.8 Å². The second kappa shape index (κ2) is 4.16. The van der Waals surface area contributed by atoms with Crippen molar-refractivity contribution in [2.75, 3.05) is 13.1 Å². The Morgan fingerprint density at radius 3 is 2.94 bits per heavy atom. The van der Waals surface area contributed by atoms with Crippen molar-refractivity contribution in [2.24, 2.45) is 0 Å². The number of benzene rings is 1. The van der Waals surface area contributed by atoms with Gasteiger partial charge in [-0.05, 0) is 13.0 Å². The van der Waals surface area contributed by atoms with E-state index in [0.717, 1.165) is 17.5 Å². The third-order valence-corrected chi connectivity index (χ3v) is 3.18. The monoisotopic (exact) mass is 245 g/mol. The standard InChI is InChI=1S/C12H15N5O/c1-9-4-2-5-10(8-9)11-12(15-16-14-11)17(18)7-3-6-13-17/h2,4-5,8,13H,3,6-7H2,1H3,(H,14,15,16). The molecular formula is C12H15N5O. The van der Waals surface area contributed by atoms with Crippen LogP contribution < -0.4 is 10.2 Å². The molecule has 3 rings (SSSR count). The van der Waals surface area contributed by atoms with Gasteiger partial charge in [-0.3, -0.25) is 0 Å². The van der Waals surface area contributed by atoms with Gasteiger partial charge in [0.05, 0.1) is 6.54 Å². The van der Waals surface area contributed by atoms with E-state index < -0.39 is 4.76 Å². The highest BCUT2D eigenvalue weighted by Crippen LogP contribution is 2.31. The predicted octanol–water partition coefficient (Wildman–Crippen LogP) is 1.49. The van der Waals surface area contributed by atoms with Gasteiger partial charge in [0.15, 0.2) is 5.69 Å². The summed E-state index contributed by atoms with van der Waals surface area (Å²) >= 11 is 0.